The maximum absolute atomic E-state index is 12.1. The van der Waals surface area contributed by atoms with Gasteiger partial charge in [0.05, 0.1) is 11.6 Å². The van der Waals surface area contributed by atoms with E-state index in [2.05, 4.69) is 33.4 Å². The molecule has 1 atom stereocenters. The fraction of sp³-hybridized carbons (Fsp3) is 0.304. The van der Waals surface area contributed by atoms with E-state index in [4.69, 9.17) is 21.7 Å². The minimum Gasteiger partial charge on any atom is -0.395 e. The molecule has 0 radical (unpaired) electrons. The molecule has 0 aromatic heterocycles. The second-order valence-corrected chi connectivity index (χ2v) is 7.64. The minimum atomic E-state index is -0.354. The third-order valence-corrected chi connectivity index (χ3v) is 5.20. The molecule has 2 aromatic carbocycles. The van der Waals surface area contributed by atoms with Crippen molar-refractivity contribution in [2.75, 3.05) is 29.1 Å². The summed E-state index contributed by atoms with van der Waals surface area (Å²) in [7, 11) is 0. The third kappa shape index (κ3) is 6.47. The lowest BCUT2D eigenvalue weighted by molar-refractivity contribution is 0.245. The molecular formula is C23H28ClN5O2. The van der Waals surface area contributed by atoms with Crippen LogP contribution in [0, 0.1) is 0 Å². The molecule has 8 heteroatoms. The highest BCUT2D eigenvalue weighted by atomic mass is 35.5. The maximum atomic E-state index is 12.1. The summed E-state index contributed by atoms with van der Waals surface area (Å²) in [5, 5.41) is 21.6. The first-order chi connectivity index (χ1) is 15.0. The number of fused-ring (bicyclic) bond motifs is 4. The van der Waals surface area contributed by atoms with Crippen molar-refractivity contribution in [2.45, 2.75) is 32.9 Å². The van der Waals surface area contributed by atoms with E-state index in [0.29, 0.717) is 16.6 Å². The van der Waals surface area contributed by atoms with E-state index in [1.165, 1.54) is 5.56 Å². The van der Waals surface area contributed by atoms with Crippen molar-refractivity contribution in [3.8, 4) is 0 Å². The van der Waals surface area contributed by atoms with Gasteiger partial charge in [-0.15, -0.1) is 0 Å². The summed E-state index contributed by atoms with van der Waals surface area (Å²) in [4.78, 5) is 16.8. The topological polar surface area (TPSA) is 97.8 Å². The van der Waals surface area contributed by atoms with Gasteiger partial charge in [0.1, 0.15) is 12.0 Å². The molecule has 0 saturated heterocycles. The summed E-state index contributed by atoms with van der Waals surface area (Å²) >= 11 is 6.42. The van der Waals surface area contributed by atoms with Gasteiger partial charge in [0.2, 0.25) is 0 Å². The Kier molecular flexibility index (Phi) is 7.92. The van der Waals surface area contributed by atoms with Gasteiger partial charge in [-0.05, 0) is 68.1 Å². The summed E-state index contributed by atoms with van der Waals surface area (Å²) in [5.74, 6) is 0.562. The summed E-state index contributed by atoms with van der Waals surface area (Å²) in [6.07, 6.45) is 3.14. The zero-order valence-electron chi connectivity index (χ0n) is 17.7. The number of benzene rings is 2. The Balaban J connectivity index is 1.98. The Bertz CT molecular complexity index is 990. The molecular weight excluding hydrogens is 414 g/mol. The number of allylic oxidation sites excluding steroid dienone is 1. The number of aliphatic hydroxyl groups excluding tert-OH is 1. The largest absolute Gasteiger partial charge is 0.395 e. The quantitative estimate of drug-likeness (QED) is 0.488. The molecule has 3 rings (SSSR count). The molecule has 1 aliphatic heterocycles. The van der Waals surface area contributed by atoms with Crippen LogP contribution in [-0.4, -0.2) is 36.3 Å². The molecule has 5 N–H and O–H groups in total. The summed E-state index contributed by atoms with van der Waals surface area (Å²) in [5.41, 5.74) is 4.69. The van der Waals surface area contributed by atoms with Crippen LogP contribution < -0.4 is 21.3 Å². The number of halogens is 1. The van der Waals surface area contributed by atoms with Crippen molar-refractivity contribution in [2.24, 2.45) is 4.99 Å². The SMILES string of the molecule is C/C=C(Cl)\C1=N/C(C)Nc2cccc(c2)CCc2cc(ccc2NC(=O)NCCO)N1. The summed E-state index contributed by atoms with van der Waals surface area (Å²) in [6.45, 7) is 3.91. The monoisotopic (exact) mass is 441 g/mol. The predicted molar refractivity (Wildman–Crippen MR) is 128 cm³/mol. The van der Waals surface area contributed by atoms with Crippen molar-refractivity contribution in [3.63, 3.8) is 0 Å². The first-order valence-electron chi connectivity index (χ1n) is 10.3. The number of urea groups is 1. The molecule has 2 amide bonds. The highest BCUT2D eigenvalue weighted by Crippen LogP contribution is 2.25. The fourth-order valence-corrected chi connectivity index (χ4v) is 3.42. The van der Waals surface area contributed by atoms with E-state index in [-0.39, 0.29) is 25.3 Å². The number of carbonyl (C=O) groups is 1. The number of nitrogens with one attached hydrogen (secondary N) is 4. The average Bonchev–Trinajstić information content (AvgIpc) is 2.76. The third-order valence-electron chi connectivity index (χ3n) is 4.80. The molecule has 7 nitrogen and oxygen atoms in total. The number of anilines is 3. The van der Waals surface area contributed by atoms with Crippen molar-refractivity contribution in [1.29, 1.82) is 0 Å². The second kappa shape index (κ2) is 10.8. The van der Waals surface area contributed by atoms with Gasteiger partial charge >= 0.3 is 6.03 Å². The van der Waals surface area contributed by atoms with Crippen LogP contribution in [-0.2, 0) is 12.8 Å². The Labute approximate surface area is 187 Å². The van der Waals surface area contributed by atoms with Crippen LogP contribution in [0.4, 0.5) is 21.9 Å². The zero-order valence-corrected chi connectivity index (χ0v) is 18.5. The highest BCUT2D eigenvalue weighted by Gasteiger charge is 2.13. The van der Waals surface area contributed by atoms with E-state index in [9.17, 15) is 4.79 Å². The van der Waals surface area contributed by atoms with Gasteiger partial charge in [-0.25, -0.2) is 9.79 Å². The number of aliphatic hydroxyl groups is 1. The van der Waals surface area contributed by atoms with Crippen LogP contribution in [0.3, 0.4) is 0 Å². The van der Waals surface area contributed by atoms with E-state index in [1.807, 2.05) is 44.2 Å². The van der Waals surface area contributed by atoms with E-state index in [1.54, 1.807) is 6.08 Å². The number of amidine groups is 1. The lowest BCUT2D eigenvalue weighted by atomic mass is 10.0. The molecule has 0 fully saturated rings. The maximum Gasteiger partial charge on any atom is 0.319 e. The predicted octanol–water partition coefficient (Wildman–Crippen LogP) is 4.31. The van der Waals surface area contributed by atoms with Gasteiger partial charge in [0.15, 0.2) is 0 Å². The molecule has 0 spiro atoms. The van der Waals surface area contributed by atoms with Crippen LogP contribution >= 0.6 is 11.6 Å². The molecule has 1 unspecified atom stereocenters. The smallest absolute Gasteiger partial charge is 0.319 e. The molecule has 164 valence electrons. The first-order valence-corrected chi connectivity index (χ1v) is 10.7. The van der Waals surface area contributed by atoms with Crippen molar-refractivity contribution >= 4 is 40.5 Å². The molecule has 0 aliphatic carbocycles. The number of carbonyl (C=O) groups excluding carboxylic acids is 1. The number of hydrogen-bond donors (Lipinski definition) is 5. The molecule has 1 heterocycles. The van der Waals surface area contributed by atoms with Gasteiger partial charge in [0.25, 0.3) is 0 Å². The molecule has 0 saturated carbocycles. The summed E-state index contributed by atoms with van der Waals surface area (Å²) in [6, 6.07) is 13.6. The first kappa shape index (κ1) is 22.7. The molecule has 31 heavy (non-hydrogen) atoms. The van der Waals surface area contributed by atoms with Gasteiger partial charge in [-0.1, -0.05) is 29.8 Å². The van der Waals surface area contributed by atoms with Crippen LogP contribution in [0.25, 0.3) is 0 Å². The number of aryl methyl sites for hydroxylation is 2. The van der Waals surface area contributed by atoms with Gasteiger partial charge in [0, 0.05) is 23.6 Å². The highest BCUT2D eigenvalue weighted by molar-refractivity contribution is 6.44. The number of rotatable bonds is 4. The summed E-state index contributed by atoms with van der Waals surface area (Å²) < 4.78 is 0. The Morgan fingerprint density at radius 2 is 2.10 bits per heavy atom. The van der Waals surface area contributed by atoms with Crippen molar-refractivity contribution < 1.29 is 9.90 Å². The lowest BCUT2D eigenvalue weighted by Crippen LogP contribution is -2.31. The number of hydrogen-bond acceptors (Lipinski definition) is 5. The van der Waals surface area contributed by atoms with Gasteiger partial charge < -0.3 is 26.4 Å². The molecule has 1 aliphatic rings. The standard InChI is InChI=1S/C23H28ClN5O2/c1-3-20(24)22-27-15(2)26-18-6-4-5-16(13-18)7-8-17-14-19(28-22)9-10-21(17)29-23(31)25-11-12-30/h3-6,9-10,13-15,26,30H,7-8,11-12H2,1-2H3,(H,27,28)(H2,25,29,31)/b20-3+. The van der Waals surface area contributed by atoms with Crippen LogP contribution in [0.2, 0.25) is 0 Å². The Hall–Kier alpha value is -3.03. The van der Waals surface area contributed by atoms with E-state index in [0.717, 1.165) is 29.8 Å². The van der Waals surface area contributed by atoms with Gasteiger partial charge in [-0.3, -0.25) is 0 Å². The van der Waals surface area contributed by atoms with E-state index >= 15 is 0 Å². The number of nitrogens with zero attached hydrogens (tertiary/aromatic N) is 1. The zero-order chi connectivity index (χ0) is 22.2. The minimum absolute atomic E-state index is 0.111. The fourth-order valence-electron chi connectivity index (χ4n) is 3.33. The Morgan fingerprint density at radius 3 is 2.87 bits per heavy atom. The van der Waals surface area contributed by atoms with Crippen LogP contribution in [0.1, 0.15) is 25.0 Å². The van der Waals surface area contributed by atoms with Crippen molar-refractivity contribution in [3.05, 3.63) is 64.7 Å². The Morgan fingerprint density at radius 1 is 1.26 bits per heavy atom. The normalized spacial score (nSPS) is 18.1. The van der Waals surface area contributed by atoms with E-state index < -0.39 is 0 Å². The molecule has 4 bridgehead atoms. The molecule has 2 aromatic rings. The number of aliphatic imine (C=N–C) groups is 1. The lowest BCUT2D eigenvalue weighted by Gasteiger charge is -2.16. The van der Waals surface area contributed by atoms with Gasteiger partial charge in [-0.2, -0.15) is 0 Å². The second-order valence-electron chi connectivity index (χ2n) is 7.24. The van der Waals surface area contributed by atoms with Crippen molar-refractivity contribution in [1.82, 2.24) is 5.32 Å². The number of amides is 2. The average molecular weight is 442 g/mol. The van der Waals surface area contributed by atoms with Crippen LogP contribution in [0.15, 0.2) is 58.6 Å². The van der Waals surface area contributed by atoms with Crippen LogP contribution in [0.5, 0.6) is 0 Å².